The van der Waals surface area contributed by atoms with Crippen molar-refractivity contribution in [2.45, 2.75) is 62.8 Å². The number of carbonyl (C=O) groups is 2. The monoisotopic (exact) mass is 305 g/mol. The molecule has 0 bridgehead atoms. The van der Waals surface area contributed by atoms with E-state index in [2.05, 4.69) is 5.32 Å². The SMILES string of the molecule is O=C(O)CCCCCCNC(=O)C1CCC(Cl)CC1O. The Kier molecular flexibility index (Phi) is 7.92. The molecule has 0 aromatic rings. The summed E-state index contributed by atoms with van der Waals surface area (Å²) in [7, 11) is 0. The van der Waals surface area contributed by atoms with Gasteiger partial charge >= 0.3 is 5.97 Å². The average Bonchev–Trinajstić information content (AvgIpc) is 2.37. The highest BCUT2D eigenvalue weighted by Crippen LogP contribution is 2.28. The molecule has 1 aliphatic rings. The number of aliphatic hydroxyl groups is 1. The standard InChI is InChI=1S/C14H24ClNO4/c15-10-6-7-11(12(17)9-10)14(20)16-8-4-2-1-3-5-13(18)19/h10-12,17H,1-9H2,(H,16,20)(H,18,19). The van der Waals surface area contributed by atoms with E-state index in [1.807, 2.05) is 0 Å². The number of halogens is 1. The van der Waals surface area contributed by atoms with Crippen molar-refractivity contribution < 1.29 is 19.8 Å². The predicted octanol–water partition coefficient (Wildman–Crippen LogP) is 1.91. The van der Waals surface area contributed by atoms with Crippen molar-refractivity contribution >= 4 is 23.5 Å². The van der Waals surface area contributed by atoms with Gasteiger partial charge in [0.1, 0.15) is 0 Å². The summed E-state index contributed by atoms with van der Waals surface area (Å²) >= 11 is 5.95. The Labute approximate surface area is 124 Å². The molecule has 5 nitrogen and oxygen atoms in total. The van der Waals surface area contributed by atoms with Gasteiger partial charge in [0, 0.05) is 18.3 Å². The molecule has 1 rings (SSSR count). The van der Waals surface area contributed by atoms with Gasteiger partial charge in [0.05, 0.1) is 12.0 Å². The molecule has 0 heterocycles. The van der Waals surface area contributed by atoms with Gasteiger partial charge < -0.3 is 15.5 Å². The Balaban J connectivity index is 2.06. The Morgan fingerprint density at radius 2 is 1.85 bits per heavy atom. The molecule has 0 radical (unpaired) electrons. The maximum Gasteiger partial charge on any atom is 0.303 e. The van der Waals surface area contributed by atoms with Crippen LogP contribution in [0.4, 0.5) is 0 Å². The highest BCUT2D eigenvalue weighted by molar-refractivity contribution is 6.20. The molecule has 0 aliphatic heterocycles. The zero-order valence-corrected chi connectivity index (χ0v) is 12.4. The van der Waals surface area contributed by atoms with Crippen molar-refractivity contribution in [1.29, 1.82) is 0 Å². The molecule has 1 aliphatic carbocycles. The third-order valence-electron chi connectivity index (χ3n) is 3.71. The minimum absolute atomic E-state index is 0.0247. The first-order valence-electron chi connectivity index (χ1n) is 7.32. The van der Waals surface area contributed by atoms with E-state index < -0.39 is 12.1 Å². The summed E-state index contributed by atoms with van der Waals surface area (Å²) in [6.07, 6.45) is 4.75. The number of unbranched alkanes of at least 4 members (excludes halogenated alkanes) is 3. The normalized spacial score (nSPS) is 26.2. The number of amides is 1. The number of carbonyl (C=O) groups excluding carboxylic acids is 1. The molecule has 0 spiro atoms. The molecule has 20 heavy (non-hydrogen) atoms. The first-order valence-corrected chi connectivity index (χ1v) is 7.76. The van der Waals surface area contributed by atoms with Gasteiger partial charge in [0.25, 0.3) is 0 Å². The molecule has 6 heteroatoms. The fourth-order valence-corrected chi connectivity index (χ4v) is 2.81. The lowest BCUT2D eigenvalue weighted by Crippen LogP contribution is -2.41. The Morgan fingerprint density at radius 3 is 2.50 bits per heavy atom. The Hall–Kier alpha value is -0.810. The topological polar surface area (TPSA) is 86.6 Å². The van der Waals surface area contributed by atoms with Crippen LogP contribution in [-0.2, 0) is 9.59 Å². The zero-order chi connectivity index (χ0) is 15.0. The molecule has 1 saturated carbocycles. The summed E-state index contributed by atoms with van der Waals surface area (Å²) in [6.45, 7) is 0.583. The van der Waals surface area contributed by atoms with Crippen molar-refractivity contribution in [2.24, 2.45) is 5.92 Å². The lowest BCUT2D eigenvalue weighted by Gasteiger charge is -2.29. The molecule has 0 aromatic heterocycles. The van der Waals surface area contributed by atoms with Gasteiger partial charge in [-0.1, -0.05) is 12.8 Å². The van der Waals surface area contributed by atoms with Crippen LogP contribution in [0.5, 0.6) is 0 Å². The molecule has 1 fully saturated rings. The number of alkyl halides is 1. The molecule has 1 amide bonds. The van der Waals surface area contributed by atoms with Crippen LogP contribution in [0.2, 0.25) is 0 Å². The van der Waals surface area contributed by atoms with Crippen LogP contribution < -0.4 is 5.32 Å². The van der Waals surface area contributed by atoms with Gasteiger partial charge in [0.2, 0.25) is 5.91 Å². The smallest absolute Gasteiger partial charge is 0.303 e. The van der Waals surface area contributed by atoms with E-state index in [1.165, 1.54) is 0 Å². The second kappa shape index (κ2) is 9.19. The number of carboxylic acids is 1. The van der Waals surface area contributed by atoms with Gasteiger partial charge in [-0.3, -0.25) is 9.59 Å². The maximum atomic E-state index is 11.9. The maximum absolute atomic E-state index is 11.9. The van der Waals surface area contributed by atoms with E-state index >= 15 is 0 Å². The highest BCUT2D eigenvalue weighted by Gasteiger charge is 2.32. The van der Waals surface area contributed by atoms with Gasteiger partial charge in [-0.25, -0.2) is 0 Å². The fourth-order valence-electron chi connectivity index (χ4n) is 2.50. The second-order valence-corrected chi connectivity index (χ2v) is 6.05. The molecule has 116 valence electrons. The molecular weight excluding hydrogens is 282 g/mol. The minimum atomic E-state index is -0.762. The van der Waals surface area contributed by atoms with Crippen LogP contribution in [0, 0.1) is 5.92 Å². The van der Waals surface area contributed by atoms with Crippen LogP contribution in [0.3, 0.4) is 0 Å². The summed E-state index contributed by atoms with van der Waals surface area (Å²) in [4.78, 5) is 22.2. The Morgan fingerprint density at radius 1 is 1.15 bits per heavy atom. The molecule has 0 aromatic carbocycles. The molecule has 3 atom stereocenters. The molecule has 3 unspecified atom stereocenters. The number of rotatable bonds is 8. The van der Waals surface area contributed by atoms with Crippen LogP contribution in [0.15, 0.2) is 0 Å². The number of aliphatic hydroxyl groups excluding tert-OH is 1. The van der Waals surface area contributed by atoms with Gasteiger partial charge in [-0.15, -0.1) is 11.6 Å². The number of hydrogen-bond donors (Lipinski definition) is 3. The Bertz CT molecular complexity index is 324. The number of aliphatic carboxylic acids is 1. The van der Waals surface area contributed by atoms with E-state index in [4.69, 9.17) is 16.7 Å². The van der Waals surface area contributed by atoms with Crippen LogP contribution >= 0.6 is 11.6 Å². The van der Waals surface area contributed by atoms with Gasteiger partial charge in [-0.2, -0.15) is 0 Å². The third kappa shape index (κ3) is 6.57. The molecule has 0 saturated heterocycles. The minimum Gasteiger partial charge on any atom is -0.481 e. The predicted molar refractivity (Wildman–Crippen MR) is 76.7 cm³/mol. The largest absolute Gasteiger partial charge is 0.481 e. The van der Waals surface area contributed by atoms with E-state index in [0.29, 0.717) is 25.8 Å². The van der Waals surface area contributed by atoms with Crippen molar-refractivity contribution in [3.63, 3.8) is 0 Å². The van der Waals surface area contributed by atoms with E-state index in [0.717, 1.165) is 25.7 Å². The van der Waals surface area contributed by atoms with Crippen molar-refractivity contribution in [1.82, 2.24) is 5.32 Å². The van der Waals surface area contributed by atoms with Crippen LogP contribution in [0.1, 0.15) is 51.4 Å². The van der Waals surface area contributed by atoms with Crippen LogP contribution in [-0.4, -0.2) is 40.1 Å². The van der Waals surface area contributed by atoms with Gasteiger partial charge in [0.15, 0.2) is 0 Å². The van der Waals surface area contributed by atoms with E-state index in [9.17, 15) is 14.7 Å². The number of carboxylic acid groups (broad SMARTS) is 1. The quantitative estimate of drug-likeness (QED) is 0.472. The number of hydrogen-bond acceptors (Lipinski definition) is 3. The van der Waals surface area contributed by atoms with Crippen molar-refractivity contribution in [3.05, 3.63) is 0 Å². The zero-order valence-electron chi connectivity index (χ0n) is 11.7. The lowest BCUT2D eigenvalue weighted by molar-refractivity contribution is -0.137. The summed E-state index contributed by atoms with van der Waals surface area (Å²) in [5.41, 5.74) is 0. The third-order valence-corrected chi connectivity index (χ3v) is 4.10. The number of nitrogens with one attached hydrogen (secondary N) is 1. The first kappa shape index (κ1) is 17.2. The average molecular weight is 306 g/mol. The highest BCUT2D eigenvalue weighted by atomic mass is 35.5. The van der Waals surface area contributed by atoms with Crippen molar-refractivity contribution in [3.8, 4) is 0 Å². The summed E-state index contributed by atoms with van der Waals surface area (Å²) in [5, 5.41) is 21.1. The van der Waals surface area contributed by atoms with Gasteiger partial charge in [-0.05, 0) is 32.1 Å². The van der Waals surface area contributed by atoms with Crippen LogP contribution in [0.25, 0.3) is 0 Å². The summed E-state index contributed by atoms with van der Waals surface area (Å²) < 4.78 is 0. The summed E-state index contributed by atoms with van der Waals surface area (Å²) in [6, 6.07) is 0. The second-order valence-electron chi connectivity index (χ2n) is 5.43. The molecular formula is C14H24ClNO4. The van der Waals surface area contributed by atoms with Crippen molar-refractivity contribution in [2.75, 3.05) is 6.54 Å². The first-order chi connectivity index (χ1) is 9.50. The van der Waals surface area contributed by atoms with E-state index in [1.54, 1.807) is 0 Å². The summed E-state index contributed by atoms with van der Waals surface area (Å²) in [5.74, 6) is -1.19. The molecule has 3 N–H and O–H groups in total. The lowest BCUT2D eigenvalue weighted by atomic mass is 9.85. The van der Waals surface area contributed by atoms with E-state index in [-0.39, 0.29) is 23.6 Å². The fraction of sp³-hybridized carbons (Fsp3) is 0.857.